The van der Waals surface area contributed by atoms with Gasteiger partial charge in [-0.3, -0.25) is 20.2 Å². The third-order valence-electron chi connectivity index (χ3n) is 2.09. The lowest BCUT2D eigenvalue weighted by atomic mass is 10.2. The monoisotopic (exact) mass is 239 g/mol. The molecule has 0 unspecified atom stereocenters. The second-order valence-corrected chi connectivity index (χ2v) is 3.31. The van der Waals surface area contributed by atoms with Crippen LogP contribution in [0, 0.1) is 11.6 Å². The summed E-state index contributed by atoms with van der Waals surface area (Å²) in [6.45, 7) is -0.109. The largest absolute Gasteiger partial charge is 0.316 e. The Kier molecular flexibility index (Phi) is 2.82. The van der Waals surface area contributed by atoms with Crippen molar-refractivity contribution in [3.8, 4) is 0 Å². The minimum atomic E-state index is -0.816. The Bertz CT molecular complexity index is 510. The number of guanidine groups is 1. The molecular weight excluding hydrogens is 232 g/mol. The van der Waals surface area contributed by atoms with Crippen LogP contribution in [0.4, 0.5) is 8.78 Å². The van der Waals surface area contributed by atoms with E-state index in [4.69, 9.17) is 0 Å². The molecule has 0 saturated carbocycles. The van der Waals surface area contributed by atoms with Gasteiger partial charge in [0.15, 0.2) is 0 Å². The molecule has 88 valence electrons. The van der Waals surface area contributed by atoms with E-state index in [1.54, 1.807) is 0 Å². The number of amides is 2. The topological polar surface area (TPSA) is 70.6 Å². The molecule has 0 spiro atoms. The van der Waals surface area contributed by atoms with Crippen molar-refractivity contribution in [1.82, 2.24) is 10.6 Å². The van der Waals surface area contributed by atoms with E-state index in [2.05, 4.69) is 15.6 Å². The summed E-state index contributed by atoms with van der Waals surface area (Å²) >= 11 is 0. The van der Waals surface area contributed by atoms with Gasteiger partial charge in [0.05, 0.1) is 6.54 Å². The van der Waals surface area contributed by atoms with E-state index < -0.39 is 23.4 Å². The molecule has 1 aliphatic rings. The Balaban J connectivity index is 2.10. The zero-order valence-corrected chi connectivity index (χ0v) is 8.46. The van der Waals surface area contributed by atoms with E-state index in [0.29, 0.717) is 0 Å². The van der Waals surface area contributed by atoms with Gasteiger partial charge in [0, 0.05) is 11.6 Å². The highest BCUT2D eigenvalue weighted by Crippen LogP contribution is 2.10. The standard InChI is InChI=1S/C10H7F2N3O2/c11-6-2-1-5(7(12)3-6)4-13-10-14-8(16)9(17)15-10/h1-3H,4H2,(H2,13,14,15,16,17). The van der Waals surface area contributed by atoms with Crippen LogP contribution in [0.2, 0.25) is 0 Å². The Morgan fingerprint density at radius 2 is 1.76 bits per heavy atom. The Hall–Kier alpha value is -2.31. The minimum absolute atomic E-state index is 0.0382. The number of carbonyl (C=O) groups excluding carboxylic acids is 2. The molecule has 0 aromatic heterocycles. The lowest BCUT2D eigenvalue weighted by Gasteiger charge is -2.00. The molecule has 1 aromatic rings. The smallest absolute Gasteiger partial charge is 0.288 e. The van der Waals surface area contributed by atoms with Crippen molar-refractivity contribution in [3.63, 3.8) is 0 Å². The van der Waals surface area contributed by atoms with E-state index in [1.165, 1.54) is 6.07 Å². The van der Waals surface area contributed by atoms with Gasteiger partial charge in [-0.15, -0.1) is 0 Å². The highest BCUT2D eigenvalue weighted by atomic mass is 19.1. The summed E-state index contributed by atoms with van der Waals surface area (Å²) in [7, 11) is 0. The average molecular weight is 239 g/mol. The number of rotatable bonds is 2. The van der Waals surface area contributed by atoms with Crippen LogP contribution < -0.4 is 10.6 Å². The van der Waals surface area contributed by atoms with Crippen molar-refractivity contribution in [2.24, 2.45) is 4.99 Å². The van der Waals surface area contributed by atoms with Gasteiger partial charge in [0.1, 0.15) is 11.6 Å². The first kappa shape index (κ1) is 11.2. The maximum absolute atomic E-state index is 13.2. The van der Waals surface area contributed by atoms with Crippen LogP contribution >= 0.6 is 0 Å². The molecule has 2 rings (SSSR count). The Morgan fingerprint density at radius 3 is 2.35 bits per heavy atom. The fraction of sp³-hybridized carbons (Fsp3) is 0.100. The van der Waals surface area contributed by atoms with Gasteiger partial charge in [-0.05, 0) is 6.07 Å². The molecule has 0 radical (unpaired) electrons. The second kappa shape index (κ2) is 4.28. The molecule has 0 aliphatic carbocycles. The van der Waals surface area contributed by atoms with Crippen molar-refractivity contribution >= 4 is 17.8 Å². The third kappa shape index (κ3) is 2.44. The lowest BCUT2D eigenvalue weighted by molar-refractivity contribution is -0.135. The van der Waals surface area contributed by atoms with Crippen molar-refractivity contribution in [2.45, 2.75) is 6.54 Å². The maximum Gasteiger partial charge on any atom is 0.316 e. The summed E-state index contributed by atoms with van der Waals surface area (Å²) in [4.78, 5) is 25.3. The highest BCUT2D eigenvalue weighted by molar-refractivity contribution is 6.45. The summed E-state index contributed by atoms with van der Waals surface area (Å²) < 4.78 is 25.8. The van der Waals surface area contributed by atoms with Gasteiger partial charge >= 0.3 is 11.8 Å². The van der Waals surface area contributed by atoms with Crippen molar-refractivity contribution in [3.05, 3.63) is 35.4 Å². The molecule has 5 nitrogen and oxygen atoms in total. The number of hydrogen-bond donors (Lipinski definition) is 2. The zero-order valence-electron chi connectivity index (χ0n) is 8.46. The van der Waals surface area contributed by atoms with Crippen LogP contribution in [0.25, 0.3) is 0 Å². The summed E-state index contributed by atoms with van der Waals surface area (Å²) in [6, 6.07) is 3.08. The average Bonchev–Trinajstić information content (AvgIpc) is 2.57. The summed E-state index contributed by atoms with van der Waals surface area (Å²) in [5.74, 6) is -3.08. The van der Waals surface area contributed by atoms with Gasteiger partial charge < -0.3 is 0 Å². The predicted molar refractivity (Wildman–Crippen MR) is 53.8 cm³/mol. The van der Waals surface area contributed by atoms with Crippen LogP contribution in [0.3, 0.4) is 0 Å². The Labute approximate surface area is 94.5 Å². The molecule has 0 atom stereocenters. The molecular formula is C10H7F2N3O2. The molecule has 2 amide bonds. The van der Waals surface area contributed by atoms with Crippen LogP contribution in [0.1, 0.15) is 5.56 Å². The van der Waals surface area contributed by atoms with Crippen LogP contribution in [-0.4, -0.2) is 17.8 Å². The number of benzene rings is 1. The van der Waals surface area contributed by atoms with Gasteiger partial charge in [0.25, 0.3) is 0 Å². The molecule has 1 fully saturated rings. The van der Waals surface area contributed by atoms with E-state index >= 15 is 0 Å². The normalized spacial score (nSPS) is 14.6. The molecule has 1 heterocycles. The number of nitrogens with zero attached hydrogens (tertiary/aromatic N) is 1. The van der Waals surface area contributed by atoms with Crippen molar-refractivity contribution in [1.29, 1.82) is 0 Å². The molecule has 1 aliphatic heterocycles. The van der Waals surface area contributed by atoms with E-state index in [9.17, 15) is 18.4 Å². The predicted octanol–water partition coefficient (Wildman–Crippen LogP) is 0.0668. The highest BCUT2D eigenvalue weighted by Gasteiger charge is 2.24. The lowest BCUT2D eigenvalue weighted by Crippen LogP contribution is -2.25. The van der Waals surface area contributed by atoms with Gasteiger partial charge in [-0.2, -0.15) is 0 Å². The molecule has 1 saturated heterocycles. The van der Waals surface area contributed by atoms with Crippen LogP contribution in [0.5, 0.6) is 0 Å². The van der Waals surface area contributed by atoms with E-state index in [1.807, 2.05) is 0 Å². The first-order valence-electron chi connectivity index (χ1n) is 4.67. The first-order chi connectivity index (χ1) is 8.06. The molecule has 1 aromatic carbocycles. The molecule has 0 bridgehead atoms. The quantitative estimate of drug-likeness (QED) is 0.717. The van der Waals surface area contributed by atoms with Crippen molar-refractivity contribution < 1.29 is 18.4 Å². The molecule has 2 N–H and O–H groups in total. The zero-order chi connectivity index (χ0) is 12.4. The van der Waals surface area contributed by atoms with Crippen LogP contribution in [-0.2, 0) is 16.1 Å². The number of nitrogens with one attached hydrogen (secondary N) is 2. The number of halogens is 2. The number of carbonyl (C=O) groups is 2. The summed E-state index contributed by atoms with van der Waals surface area (Å²) in [6.07, 6.45) is 0. The van der Waals surface area contributed by atoms with E-state index in [0.717, 1.165) is 12.1 Å². The van der Waals surface area contributed by atoms with Crippen molar-refractivity contribution in [2.75, 3.05) is 0 Å². The fourth-order valence-corrected chi connectivity index (χ4v) is 1.25. The number of aliphatic imine (C=N–C) groups is 1. The van der Waals surface area contributed by atoms with Crippen LogP contribution in [0.15, 0.2) is 23.2 Å². The maximum atomic E-state index is 13.2. The molecule has 17 heavy (non-hydrogen) atoms. The summed E-state index contributed by atoms with van der Waals surface area (Å²) in [5.41, 5.74) is 0.161. The fourth-order valence-electron chi connectivity index (χ4n) is 1.25. The summed E-state index contributed by atoms with van der Waals surface area (Å²) in [5, 5.41) is 4.32. The molecule has 7 heteroatoms. The number of hydrogen-bond acceptors (Lipinski definition) is 3. The van der Waals surface area contributed by atoms with Gasteiger partial charge in [-0.1, -0.05) is 6.07 Å². The SMILES string of the molecule is O=C1NC(=NCc2ccc(F)cc2F)NC1=O. The first-order valence-corrected chi connectivity index (χ1v) is 4.67. The van der Waals surface area contributed by atoms with E-state index in [-0.39, 0.29) is 18.1 Å². The van der Waals surface area contributed by atoms with Gasteiger partial charge in [-0.25, -0.2) is 13.8 Å². The minimum Gasteiger partial charge on any atom is -0.288 e. The van der Waals surface area contributed by atoms with Gasteiger partial charge in [0.2, 0.25) is 5.96 Å². The second-order valence-electron chi connectivity index (χ2n) is 3.31. The third-order valence-corrected chi connectivity index (χ3v) is 2.09. The Morgan fingerprint density at radius 1 is 1.12 bits per heavy atom.